The highest BCUT2D eigenvalue weighted by Gasteiger charge is 2.21. The third kappa shape index (κ3) is 3.17. The second kappa shape index (κ2) is 5.77. The van der Waals surface area contributed by atoms with E-state index in [-0.39, 0.29) is 11.8 Å². The Morgan fingerprint density at radius 2 is 2.00 bits per heavy atom. The fourth-order valence-electron chi connectivity index (χ4n) is 2.13. The molecule has 0 unspecified atom stereocenters. The number of rotatable bonds is 5. The third-order valence-electron chi connectivity index (χ3n) is 3.10. The molecule has 2 rings (SSSR count). The van der Waals surface area contributed by atoms with Crippen LogP contribution in [0.2, 0.25) is 0 Å². The Morgan fingerprint density at radius 3 is 2.60 bits per heavy atom. The summed E-state index contributed by atoms with van der Waals surface area (Å²) in [6, 6.07) is 8.55. The van der Waals surface area contributed by atoms with E-state index in [0.717, 1.165) is 10.9 Å². The molecule has 3 N–H and O–H groups in total. The van der Waals surface area contributed by atoms with Crippen LogP contribution in [-0.2, 0) is 4.79 Å². The number of hydrogen-bond donors (Lipinski definition) is 2. The van der Waals surface area contributed by atoms with Gasteiger partial charge < -0.3 is 10.3 Å². The van der Waals surface area contributed by atoms with Gasteiger partial charge in [-0.05, 0) is 24.5 Å². The van der Waals surface area contributed by atoms with Crippen molar-refractivity contribution in [2.75, 3.05) is 0 Å². The molecule has 0 fully saturated rings. The van der Waals surface area contributed by atoms with Gasteiger partial charge in [0.1, 0.15) is 11.7 Å². The smallest absolute Gasteiger partial charge is 0.268 e. The molecule has 1 radical (unpaired) electrons. The molecule has 5 nitrogen and oxygen atoms in total. The lowest BCUT2D eigenvalue weighted by atomic mass is 10.0. The number of carbonyl (C=O) groups excluding carboxylic acids is 2. The number of carbonyl (C=O) groups is 2. The molecule has 5 heteroatoms. The van der Waals surface area contributed by atoms with Gasteiger partial charge in [-0.2, -0.15) is 0 Å². The summed E-state index contributed by atoms with van der Waals surface area (Å²) in [7, 11) is 0. The van der Waals surface area contributed by atoms with E-state index in [4.69, 9.17) is 5.73 Å². The molecule has 1 atom stereocenters. The Bertz CT molecular complexity index is 598. The summed E-state index contributed by atoms with van der Waals surface area (Å²) in [4.78, 5) is 26.4. The van der Waals surface area contributed by atoms with Gasteiger partial charge in [-0.3, -0.25) is 15.3 Å². The molecule has 0 bridgehead atoms. The van der Waals surface area contributed by atoms with E-state index in [1.165, 1.54) is 0 Å². The largest absolute Gasteiger partial charge is 0.351 e. The van der Waals surface area contributed by atoms with Crippen LogP contribution in [0.3, 0.4) is 0 Å². The van der Waals surface area contributed by atoms with Gasteiger partial charge in [0.25, 0.3) is 11.8 Å². The molecule has 2 aromatic rings. The van der Waals surface area contributed by atoms with Crippen LogP contribution in [0.1, 0.15) is 30.8 Å². The first kappa shape index (κ1) is 14.1. The maximum atomic E-state index is 12.1. The molecule has 105 valence electrons. The Balaban J connectivity index is 2.15. The van der Waals surface area contributed by atoms with E-state index in [1.54, 1.807) is 6.07 Å². The maximum Gasteiger partial charge on any atom is 0.268 e. The van der Waals surface area contributed by atoms with Crippen LogP contribution >= 0.6 is 0 Å². The van der Waals surface area contributed by atoms with E-state index in [0.29, 0.717) is 12.1 Å². The molecule has 0 saturated carbocycles. The highest BCUT2D eigenvalue weighted by Crippen LogP contribution is 2.15. The number of amides is 2. The molecule has 1 aromatic heterocycles. The van der Waals surface area contributed by atoms with E-state index in [1.807, 2.05) is 38.1 Å². The predicted octanol–water partition coefficient (Wildman–Crippen LogP) is 2.12. The van der Waals surface area contributed by atoms with E-state index >= 15 is 0 Å². The number of nitrogens with one attached hydrogen (secondary N) is 3. The second-order valence-corrected chi connectivity index (χ2v) is 5.29. The van der Waals surface area contributed by atoms with Crippen LogP contribution in [0, 0.1) is 5.92 Å². The summed E-state index contributed by atoms with van der Waals surface area (Å²) >= 11 is 0. The summed E-state index contributed by atoms with van der Waals surface area (Å²) in [6.07, 6.45) is 0.467. The van der Waals surface area contributed by atoms with Crippen LogP contribution in [-0.4, -0.2) is 22.8 Å². The van der Waals surface area contributed by atoms with Crippen molar-refractivity contribution in [2.24, 2.45) is 5.92 Å². The Labute approximate surface area is 117 Å². The summed E-state index contributed by atoms with van der Waals surface area (Å²) in [5.74, 6) is -0.882. The van der Waals surface area contributed by atoms with Crippen LogP contribution in [0.15, 0.2) is 30.3 Å². The van der Waals surface area contributed by atoms with Crippen molar-refractivity contribution in [3.05, 3.63) is 36.0 Å². The number of aromatic nitrogens is 1. The number of fused-ring (bicyclic) bond motifs is 1. The number of hydrogen-bond acceptors (Lipinski definition) is 2. The molecule has 20 heavy (non-hydrogen) atoms. The molecule has 2 amide bonds. The molecule has 1 heterocycles. The van der Waals surface area contributed by atoms with Crippen LogP contribution in [0.25, 0.3) is 10.9 Å². The summed E-state index contributed by atoms with van der Waals surface area (Å²) in [6.45, 7) is 3.90. The van der Waals surface area contributed by atoms with Crippen molar-refractivity contribution in [2.45, 2.75) is 26.3 Å². The normalized spacial score (nSPS) is 12.6. The van der Waals surface area contributed by atoms with Gasteiger partial charge in [-0.15, -0.1) is 0 Å². The minimum atomic E-state index is -0.761. The quantitative estimate of drug-likeness (QED) is 0.873. The molecular formula is C15H18N3O2. The Hall–Kier alpha value is -2.30. The first-order valence-corrected chi connectivity index (χ1v) is 6.61. The standard InChI is InChI=1S/C15H18N3O2/c1-9(2)7-12(14(16)19)18-15(20)13-8-10-5-3-4-6-11(10)17-13/h3-6,8-9,12,16-17H,7H2,1-2H3,(H,18,20)/t12-/m0/s1. The minimum Gasteiger partial charge on any atom is -0.351 e. The average Bonchev–Trinajstić information content (AvgIpc) is 2.81. The van der Waals surface area contributed by atoms with E-state index in [9.17, 15) is 9.59 Å². The zero-order valence-electron chi connectivity index (χ0n) is 11.6. The van der Waals surface area contributed by atoms with Gasteiger partial charge in [0.2, 0.25) is 0 Å². The van der Waals surface area contributed by atoms with Gasteiger partial charge in [-0.25, -0.2) is 0 Å². The monoisotopic (exact) mass is 272 g/mol. The number of para-hydroxylation sites is 1. The van der Waals surface area contributed by atoms with Crippen LogP contribution in [0.4, 0.5) is 0 Å². The molecule has 1 aromatic carbocycles. The molecular weight excluding hydrogens is 254 g/mol. The number of aromatic amines is 1. The van der Waals surface area contributed by atoms with Crippen molar-refractivity contribution in [1.82, 2.24) is 16.0 Å². The first-order valence-electron chi connectivity index (χ1n) is 6.61. The van der Waals surface area contributed by atoms with Crippen molar-refractivity contribution in [1.29, 1.82) is 0 Å². The fourth-order valence-corrected chi connectivity index (χ4v) is 2.13. The molecule has 0 spiro atoms. The predicted molar refractivity (Wildman–Crippen MR) is 77.1 cm³/mol. The third-order valence-corrected chi connectivity index (χ3v) is 3.10. The summed E-state index contributed by atoms with van der Waals surface area (Å²) in [5.41, 5.74) is 8.50. The lowest BCUT2D eigenvalue weighted by Crippen LogP contribution is -2.42. The van der Waals surface area contributed by atoms with Gasteiger partial charge >= 0.3 is 0 Å². The van der Waals surface area contributed by atoms with Gasteiger partial charge in [-0.1, -0.05) is 32.0 Å². The van der Waals surface area contributed by atoms with Crippen LogP contribution < -0.4 is 11.1 Å². The highest BCUT2D eigenvalue weighted by molar-refractivity contribution is 5.99. The molecule has 0 aliphatic heterocycles. The van der Waals surface area contributed by atoms with Crippen molar-refractivity contribution in [3.8, 4) is 0 Å². The number of benzene rings is 1. The average molecular weight is 272 g/mol. The Morgan fingerprint density at radius 1 is 1.30 bits per heavy atom. The number of H-pyrrole nitrogens is 1. The van der Waals surface area contributed by atoms with E-state index in [2.05, 4.69) is 10.3 Å². The van der Waals surface area contributed by atoms with Gasteiger partial charge in [0.15, 0.2) is 0 Å². The SMILES string of the molecule is CC(C)C[C@H](NC(=O)c1cc2ccccc2[nH]1)C([NH])=O. The summed E-state index contributed by atoms with van der Waals surface area (Å²) < 4.78 is 0. The lowest BCUT2D eigenvalue weighted by Gasteiger charge is -2.16. The maximum absolute atomic E-state index is 12.1. The van der Waals surface area contributed by atoms with Gasteiger partial charge in [0, 0.05) is 10.9 Å². The summed E-state index contributed by atoms with van der Waals surface area (Å²) in [5, 5.41) is 3.56. The molecule has 0 aliphatic carbocycles. The van der Waals surface area contributed by atoms with E-state index < -0.39 is 11.9 Å². The highest BCUT2D eigenvalue weighted by atomic mass is 16.2. The topological polar surface area (TPSA) is 85.8 Å². The van der Waals surface area contributed by atoms with Crippen molar-refractivity contribution in [3.63, 3.8) is 0 Å². The molecule has 0 aliphatic rings. The second-order valence-electron chi connectivity index (χ2n) is 5.29. The fraction of sp³-hybridized carbons (Fsp3) is 0.333. The first-order chi connectivity index (χ1) is 9.47. The van der Waals surface area contributed by atoms with Gasteiger partial charge in [0.05, 0.1) is 0 Å². The van der Waals surface area contributed by atoms with Crippen molar-refractivity contribution < 1.29 is 9.59 Å². The lowest BCUT2D eigenvalue weighted by molar-refractivity contribution is -0.120. The Kier molecular flexibility index (Phi) is 4.08. The zero-order chi connectivity index (χ0) is 14.7. The zero-order valence-corrected chi connectivity index (χ0v) is 11.6. The van der Waals surface area contributed by atoms with Crippen LogP contribution in [0.5, 0.6) is 0 Å². The van der Waals surface area contributed by atoms with Crippen molar-refractivity contribution >= 4 is 22.7 Å². The minimum absolute atomic E-state index is 0.234. The molecule has 0 saturated heterocycles.